The molecule has 6 heteroatoms. The van der Waals surface area contributed by atoms with E-state index in [1.807, 2.05) is 0 Å². The molecule has 1 aliphatic rings. The van der Waals surface area contributed by atoms with Gasteiger partial charge < -0.3 is 4.90 Å². The van der Waals surface area contributed by atoms with Crippen molar-refractivity contribution in [1.82, 2.24) is 4.98 Å². The molecule has 206 valence electrons. The minimum atomic E-state index is -3.45. The van der Waals surface area contributed by atoms with Crippen LogP contribution < -0.4 is 4.90 Å². The van der Waals surface area contributed by atoms with Crippen molar-refractivity contribution in [2.75, 3.05) is 18.0 Å². The Labute approximate surface area is 234 Å². The standard InChI is InChI=1S/C32H44N2O2S2/c1-20(2)25-16-28(21(3)4)31(29(17-25)22(5)6)38(35,36)27-12-14-34(15-13-27)32-33-26(19-37-32)18-30-23(7)10-9-11-24(30)8/h9-11,16-17,19-22,27H,12-15,18H2,1-8H3. The van der Waals surface area contributed by atoms with Gasteiger partial charge in [0, 0.05) is 24.9 Å². The van der Waals surface area contributed by atoms with E-state index in [1.54, 1.807) is 11.3 Å². The lowest BCUT2D eigenvalue weighted by molar-refractivity contribution is 0.526. The first-order chi connectivity index (χ1) is 17.9. The van der Waals surface area contributed by atoms with Gasteiger partial charge >= 0.3 is 0 Å². The molecule has 3 aromatic rings. The number of thiazole rings is 1. The van der Waals surface area contributed by atoms with Crippen molar-refractivity contribution in [3.63, 3.8) is 0 Å². The van der Waals surface area contributed by atoms with E-state index in [4.69, 9.17) is 4.98 Å². The van der Waals surface area contributed by atoms with Crippen LogP contribution in [-0.4, -0.2) is 31.7 Å². The van der Waals surface area contributed by atoms with Crippen LogP contribution in [0.2, 0.25) is 0 Å². The Kier molecular flexibility index (Phi) is 8.73. The molecule has 0 atom stereocenters. The molecule has 1 saturated heterocycles. The summed E-state index contributed by atoms with van der Waals surface area (Å²) in [7, 11) is -3.45. The number of rotatable bonds is 8. The fourth-order valence-corrected chi connectivity index (χ4v) is 8.86. The monoisotopic (exact) mass is 552 g/mol. The number of nitrogens with zero attached hydrogens (tertiary/aromatic N) is 2. The van der Waals surface area contributed by atoms with E-state index in [-0.39, 0.29) is 17.1 Å². The van der Waals surface area contributed by atoms with Crippen LogP contribution in [0.1, 0.15) is 111 Å². The zero-order chi connectivity index (χ0) is 27.8. The van der Waals surface area contributed by atoms with Gasteiger partial charge in [0.15, 0.2) is 15.0 Å². The molecule has 0 radical (unpaired) electrons. The van der Waals surface area contributed by atoms with Gasteiger partial charge in [-0.3, -0.25) is 0 Å². The van der Waals surface area contributed by atoms with E-state index < -0.39 is 9.84 Å². The second kappa shape index (κ2) is 11.5. The lowest BCUT2D eigenvalue weighted by Gasteiger charge is -2.33. The van der Waals surface area contributed by atoms with Crippen molar-refractivity contribution in [3.8, 4) is 0 Å². The number of hydrogen-bond acceptors (Lipinski definition) is 5. The topological polar surface area (TPSA) is 50.3 Å². The van der Waals surface area contributed by atoms with E-state index in [0.29, 0.717) is 23.7 Å². The summed E-state index contributed by atoms with van der Waals surface area (Å²) in [5.41, 5.74) is 8.23. The number of hydrogen-bond donors (Lipinski definition) is 0. The summed E-state index contributed by atoms with van der Waals surface area (Å²) in [6.07, 6.45) is 2.10. The van der Waals surface area contributed by atoms with Gasteiger partial charge in [0.05, 0.1) is 15.8 Å². The Balaban J connectivity index is 1.54. The molecule has 1 aromatic heterocycles. The average molecular weight is 553 g/mol. The van der Waals surface area contributed by atoms with Gasteiger partial charge in [-0.15, -0.1) is 11.3 Å². The molecular weight excluding hydrogens is 508 g/mol. The molecule has 0 unspecified atom stereocenters. The van der Waals surface area contributed by atoms with Gasteiger partial charge in [-0.05, 0) is 77.8 Å². The lowest BCUT2D eigenvalue weighted by atomic mass is 9.89. The number of sulfone groups is 1. The maximum atomic E-state index is 14.2. The minimum absolute atomic E-state index is 0.154. The van der Waals surface area contributed by atoms with Crippen molar-refractivity contribution in [2.45, 2.75) is 103 Å². The first kappa shape index (κ1) is 28.8. The molecule has 0 saturated carbocycles. The Morgan fingerprint density at radius 1 is 0.921 bits per heavy atom. The summed E-state index contributed by atoms with van der Waals surface area (Å²) in [5, 5.41) is 2.81. The smallest absolute Gasteiger partial charge is 0.185 e. The van der Waals surface area contributed by atoms with Crippen molar-refractivity contribution in [3.05, 3.63) is 74.8 Å². The van der Waals surface area contributed by atoms with Crippen LogP contribution in [-0.2, 0) is 16.3 Å². The van der Waals surface area contributed by atoms with E-state index in [9.17, 15) is 8.42 Å². The Bertz CT molecular complexity index is 1330. The lowest BCUT2D eigenvalue weighted by Crippen LogP contribution is -2.40. The molecule has 38 heavy (non-hydrogen) atoms. The third-order valence-corrected chi connectivity index (χ3v) is 11.4. The third-order valence-electron chi connectivity index (χ3n) is 8.06. The predicted octanol–water partition coefficient (Wildman–Crippen LogP) is 8.16. The van der Waals surface area contributed by atoms with Gasteiger partial charge in [0.2, 0.25) is 0 Å². The van der Waals surface area contributed by atoms with E-state index >= 15 is 0 Å². The number of anilines is 1. The van der Waals surface area contributed by atoms with Crippen molar-refractivity contribution in [1.29, 1.82) is 0 Å². The van der Waals surface area contributed by atoms with Gasteiger partial charge in [-0.1, -0.05) is 71.9 Å². The maximum absolute atomic E-state index is 14.2. The first-order valence-electron chi connectivity index (χ1n) is 14.1. The molecule has 1 fully saturated rings. The van der Waals surface area contributed by atoms with Crippen LogP contribution in [0.15, 0.2) is 40.6 Å². The molecule has 4 nitrogen and oxygen atoms in total. The predicted molar refractivity (Wildman–Crippen MR) is 162 cm³/mol. The zero-order valence-electron chi connectivity index (χ0n) is 24.3. The van der Waals surface area contributed by atoms with Crippen molar-refractivity contribution >= 4 is 26.3 Å². The second-order valence-electron chi connectivity index (χ2n) is 11.9. The summed E-state index contributed by atoms with van der Waals surface area (Å²) >= 11 is 1.67. The van der Waals surface area contributed by atoms with E-state index in [1.165, 1.54) is 22.3 Å². The highest BCUT2D eigenvalue weighted by atomic mass is 32.2. The van der Waals surface area contributed by atoms with Crippen molar-refractivity contribution < 1.29 is 8.42 Å². The molecule has 1 aliphatic heterocycles. The van der Waals surface area contributed by atoms with Crippen LogP contribution in [0.3, 0.4) is 0 Å². The molecule has 0 N–H and O–H groups in total. The van der Waals surface area contributed by atoms with Crippen LogP contribution in [0.4, 0.5) is 5.13 Å². The highest BCUT2D eigenvalue weighted by molar-refractivity contribution is 7.92. The van der Waals surface area contributed by atoms with E-state index in [2.05, 4.69) is 96.0 Å². The molecule has 0 spiro atoms. The Morgan fingerprint density at radius 3 is 1.97 bits per heavy atom. The summed E-state index contributed by atoms with van der Waals surface area (Å²) in [6, 6.07) is 10.7. The zero-order valence-corrected chi connectivity index (χ0v) is 26.0. The average Bonchev–Trinajstić information content (AvgIpc) is 3.34. The molecular formula is C32H44N2O2S2. The van der Waals surface area contributed by atoms with Crippen molar-refractivity contribution in [2.24, 2.45) is 0 Å². The molecule has 0 amide bonds. The number of benzene rings is 2. The summed E-state index contributed by atoms with van der Waals surface area (Å²) in [6.45, 7) is 18.6. The summed E-state index contributed by atoms with van der Waals surface area (Å²) in [4.78, 5) is 7.84. The van der Waals surface area contributed by atoms with Gasteiger partial charge in [-0.2, -0.15) is 0 Å². The molecule has 0 bridgehead atoms. The van der Waals surface area contributed by atoms with Crippen LogP contribution in [0.5, 0.6) is 0 Å². The highest BCUT2D eigenvalue weighted by Crippen LogP contribution is 2.39. The summed E-state index contributed by atoms with van der Waals surface area (Å²) in [5.74, 6) is 0.672. The van der Waals surface area contributed by atoms with Gasteiger partial charge in [0.1, 0.15) is 0 Å². The molecule has 0 aliphatic carbocycles. The van der Waals surface area contributed by atoms with Crippen LogP contribution in [0, 0.1) is 13.8 Å². The minimum Gasteiger partial charge on any atom is -0.348 e. The second-order valence-corrected chi connectivity index (χ2v) is 14.9. The quantitative estimate of drug-likeness (QED) is 0.283. The fraction of sp³-hybridized carbons (Fsp3) is 0.531. The van der Waals surface area contributed by atoms with Gasteiger partial charge in [-0.25, -0.2) is 13.4 Å². The third kappa shape index (κ3) is 5.86. The Morgan fingerprint density at radius 2 is 1.47 bits per heavy atom. The number of piperidine rings is 1. The van der Waals surface area contributed by atoms with E-state index in [0.717, 1.165) is 41.5 Å². The maximum Gasteiger partial charge on any atom is 0.185 e. The SMILES string of the molecule is Cc1cccc(C)c1Cc1csc(N2CCC(S(=O)(=O)c3c(C(C)C)cc(C(C)C)cc3C(C)C)CC2)n1. The Hall–Kier alpha value is -2.18. The first-order valence-corrected chi connectivity index (χ1v) is 16.5. The van der Waals surface area contributed by atoms with Crippen LogP contribution >= 0.6 is 11.3 Å². The van der Waals surface area contributed by atoms with Gasteiger partial charge in [0.25, 0.3) is 0 Å². The number of aromatic nitrogens is 1. The fourth-order valence-electron chi connectivity index (χ4n) is 5.57. The van der Waals surface area contributed by atoms with Crippen LogP contribution in [0.25, 0.3) is 0 Å². The molecule has 2 aromatic carbocycles. The normalized spacial score (nSPS) is 15.3. The number of aryl methyl sites for hydroxylation is 2. The summed E-state index contributed by atoms with van der Waals surface area (Å²) < 4.78 is 28.4. The highest BCUT2D eigenvalue weighted by Gasteiger charge is 2.36. The molecule has 2 heterocycles. The largest absolute Gasteiger partial charge is 0.348 e. The molecule has 4 rings (SSSR count).